The number of phenolic OH excluding ortho intramolecular Hbond substituents is 4. The molecule has 0 aliphatic heterocycles. The van der Waals surface area contributed by atoms with Crippen molar-refractivity contribution in [1.82, 2.24) is 10.2 Å². The van der Waals surface area contributed by atoms with Crippen molar-refractivity contribution < 1.29 is 20.4 Å². The first-order valence-electron chi connectivity index (χ1n) is 12.9. The van der Waals surface area contributed by atoms with E-state index in [9.17, 15) is 20.4 Å². The van der Waals surface area contributed by atoms with Crippen LogP contribution >= 0.6 is 34.0 Å². The molecule has 8 heteroatoms. The second-order valence-corrected chi connectivity index (χ2v) is 9.68. The number of phenols is 4. The van der Waals surface area contributed by atoms with E-state index < -0.39 is 0 Å². The number of hydrogen-bond acceptors (Lipinski definition) is 6. The molecule has 5 N–H and O–H groups in total. The van der Waals surface area contributed by atoms with Gasteiger partial charge in [0.05, 0.1) is 0 Å². The molecular weight excluding hydrogens is 588 g/mol. The van der Waals surface area contributed by atoms with Crippen LogP contribution in [0.15, 0.2) is 24.3 Å². The van der Waals surface area contributed by atoms with Crippen LogP contribution in [0.5, 0.6) is 23.0 Å². The predicted octanol–water partition coefficient (Wildman–Crippen LogP) is 5.94. The molecule has 3 rings (SSSR count). The minimum Gasteiger partial charge on any atom is -0.508 e. The molecule has 0 radical (unpaired) electrons. The third-order valence-corrected chi connectivity index (χ3v) is 7.12. The molecule has 6 nitrogen and oxygen atoms in total. The van der Waals surface area contributed by atoms with Crippen molar-refractivity contribution in [2.24, 2.45) is 0 Å². The number of nitrogens with zero attached hydrogens (tertiary/aromatic N) is 1. The maximum atomic E-state index is 10.2. The minimum atomic E-state index is -0.00847. The highest BCUT2D eigenvalue weighted by molar-refractivity contribution is 8.93. The van der Waals surface area contributed by atoms with Crippen LogP contribution in [0.3, 0.4) is 0 Å². The Hall–Kier alpha value is -1.48. The number of aromatic hydroxyl groups is 4. The minimum absolute atomic E-state index is 0. The van der Waals surface area contributed by atoms with Gasteiger partial charge in [-0.15, -0.1) is 34.0 Å². The molecule has 0 amide bonds. The SMILES string of the molecule is Br.Br.CCCN(CCCCCCNCCc1cc(O)c(C)c(O)c1)[C@H]1CCc2c(ccc(O)c2O)C1. The van der Waals surface area contributed by atoms with E-state index in [1.807, 2.05) is 6.07 Å². The molecule has 204 valence electrons. The standard InChI is InChI=1S/C28H42N2O4.2BrH/c1-3-15-30(23-9-10-24-22(19-23)8-11-25(31)28(24)34)16-7-5-4-6-13-29-14-12-21-17-26(32)20(2)27(33)18-21;;/h8,11,17-18,23,29,31-34H,3-7,9-10,12-16,19H2,1-2H3;2*1H/t23-;;/m0../s1. The van der Waals surface area contributed by atoms with Gasteiger partial charge in [-0.3, -0.25) is 0 Å². The Balaban J connectivity index is 0.00000324. The Labute approximate surface area is 237 Å². The van der Waals surface area contributed by atoms with Crippen LogP contribution in [-0.2, 0) is 19.3 Å². The fraction of sp³-hybridized carbons (Fsp3) is 0.571. The lowest BCUT2D eigenvalue weighted by Crippen LogP contribution is -2.40. The van der Waals surface area contributed by atoms with Crippen LogP contribution in [0.2, 0.25) is 0 Å². The van der Waals surface area contributed by atoms with Crippen LogP contribution in [0.1, 0.15) is 67.7 Å². The fourth-order valence-corrected chi connectivity index (χ4v) is 5.04. The van der Waals surface area contributed by atoms with Gasteiger partial charge in [0.25, 0.3) is 0 Å². The zero-order chi connectivity index (χ0) is 24.5. The topological polar surface area (TPSA) is 96.2 Å². The quantitative estimate of drug-likeness (QED) is 0.139. The fourth-order valence-electron chi connectivity index (χ4n) is 5.04. The molecule has 0 saturated heterocycles. The summed E-state index contributed by atoms with van der Waals surface area (Å²) in [4.78, 5) is 2.62. The predicted molar refractivity (Wildman–Crippen MR) is 158 cm³/mol. The molecule has 0 bridgehead atoms. The Kier molecular flexibility index (Phi) is 14.8. The Morgan fingerprint density at radius 1 is 0.889 bits per heavy atom. The second-order valence-electron chi connectivity index (χ2n) is 9.68. The van der Waals surface area contributed by atoms with Crippen LogP contribution < -0.4 is 5.32 Å². The first-order valence-corrected chi connectivity index (χ1v) is 12.9. The molecule has 1 aliphatic carbocycles. The second kappa shape index (κ2) is 16.4. The molecule has 0 heterocycles. The van der Waals surface area contributed by atoms with Crippen LogP contribution in [0.4, 0.5) is 0 Å². The van der Waals surface area contributed by atoms with Crippen LogP contribution in [0.25, 0.3) is 0 Å². The number of halogens is 2. The Bertz CT molecular complexity index is 919. The van der Waals surface area contributed by atoms with Gasteiger partial charge in [0.15, 0.2) is 11.5 Å². The number of rotatable bonds is 13. The molecule has 0 unspecified atom stereocenters. The highest BCUT2D eigenvalue weighted by Crippen LogP contribution is 2.36. The Morgan fingerprint density at radius 3 is 2.28 bits per heavy atom. The molecule has 2 aromatic rings. The average Bonchev–Trinajstić information content (AvgIpc) is 2.82. The summed E-state index contributed by atoms with van der Waals surface area (Å²) in [7, 11) is 0. The summed E-state index contributed by atoms with van der Waals surface area (Å²) in [5.74, 6) is 0.372. The van der Waals surface area contributed by atoms with Crippen LogP contribution in [0, 0.1) is 6.92 Å². The van der Waals surface area contributed by atoms with E-state index >= 15 is 0 Å². The first kappa shape index (κ1) is 32.5. The highest BCUT2D eigenvalue weighted by Gasteiger charge is 2.26. The summed E-state index contributed by atoms with van der Waals surface area (Å²) in [6, 6.07) is 7.56. The summed E-state index contributed by atoms with van der Waals surface area (Å²) in [6.07, 6.45) is 9.52. The summed E-state index contributed by atoms with van der Waals surface area (Å²) >= 11 is 0. The van der Waals surface area contributed by atoms with Crippen molar-refractivity contribution in [2.45, 2.75) is 77.7 Å². The van der Waals surface area contributed by atoms with Gasteiger partial charge in [-0.25, -0.2) is 0 Å². The van der Waals surface area contributed by atoms with E-state index in [-0.39, 0.29) is 57.0 Å². The summed E-state index contributed by atoms with van der Waals surface area (Å²) in [6.45, 7) is 7.99. The van der Waals surface area contributed by atoms with Crippen molar-refractivity contribution in [3.05, 3.63) is 46.5 Å². The molecular formula is C28H44Br2N2O4. The molecule has 0 aromatic heterocycles. The maximum absolute atomic E-state index is 10.2. The average molecular weight is 632 g/mol. The van der Waals surface area contributed by atoms with Gasteiger partial charge in [-0.2, -0.15) is 0 Å². The molecule has 1 aliphatic rings. The largest absolute Gasteiger partial charge is 0.508 e. The molecule has 1 atom stereocenters. The van der Waals surface area contributed by atoms with E-state index in [0.29, 0.717) is 11.6 Å². The summed E-state index contributed by atoms with van der Waals surface area (Å²) in [5.41, 5.74) is 3.58. The van der Waals surface area contributed by atoms with E-state index in [0.717, 1.165) is 75.8 Å². The van der Waals surface area contributed by atoms with Gasteiger partial charge in [0.1, 0.15) is 11.5 Å². The molecule has 36 heavy (non-hydrogen) atoms. The third kappa shape index (κ3) is 9.12. The summed E-state index contributed by atoms with van der Waals surface area (Å²) < 4.78 is 0. The van der Waals surface area contributed by atoms with Crippen molar-refractivity contribution in [2.75, 3.05) is 26.2 Å². The first-order chi connectivity index (χ1) is 16.4. The molecule has 0 spiro atoms. The zero-order valence-corrected chi connectivity index (χ0v) is 25.1. The van der Waals surface area contributed by atoms with E-state index in [2.05, 4.69) is 17.1 Å². The van der Waals surface area contributed by atoms with Crippen molar-refractivity contribution in [1.29, 1.82) is 0 Å². The van der Waals surface area contributed by atoms with Gasteiger partial charge < -0.3 is 30.6 Å². The van der Waals surface area contributed by atoms with Crippen LogP contribution in [-0.4, -0.2) is 57.5 Å². The number of fused-ring (bicyclic) bond motifs is 1. The van der Waals surface area contributed by atoms with Crippen molar-refractivity contribution in [3.8, 4) is 23.0 Å². The third-order valence-electron chi connectivity index (χ3n) is 7.12. The lowest BCUT2D eigenvalue weighted by Gasteiger charge is -2.35. The van der Waals surface area contributed by atoms with Crippen molar-refractivity contribution in [3.63, 3.8) is 0 Å². The van der Waals surface area contributed by atoms with Gasteiger partial charge in [0.2, 0.25) is 0 Å². The number of hydrogen-bond donors (Lipinski definition) is 5. The van der Waals surface area contributed by atoms with Gasteiger partial charge in [0, 0.05) is 17.2 Å². The van der Waals surface area contributed by atoms with Crippen molar-refractivity contribution >= 4 is 34.0 Å². The number of benzene rings is 2. The van der Waals surface area contributed by atoms with Gasteiger partial charge in [-0.05, 0) is 107 Å². The smallest absolute Gasteiger partial charge is 0.160 e. The normalized spacial score (nSPS) is 14.7. The molecule has 0 saturated carbocycles. The van der Waals surface area contributed by atoms with E-state index in [1.54, 1.807) is 25.1 Å². The molecule has 0 fully saturated rings. The van der Waals surface area contributed by atoms with Gasteiger partial charge >= 0.3 is 0 Å². The van der Waals surface area contributed by atoms with E-state index in [4.69, 9.17) is 0 Å². The molecule has 2 aromatic carbocycles. The van der Waals surface area contributed by atoms with Gasteiger partial charge in [-0.1, -0.05) is 25.8 Å². The maximum Gasteiger partial charge on any atom is 0.160 e. The van der Waals surface area contributed by atoms with E-state index in [1.165, 1.54) is 24.8 Å². The Morgan fingerprint density at radius 2 is 1.58 bits per heavy atom. The monoisotopic (exact) mass is 630 g/mol. The number of unbranched alkanes of at least 4 members (excludes halogenated alkanes) is 3. The zero-order valence-electron chi connectivity index (χ0n) is 21.6. The lowest BCUT2D eigenvalue weighted by atomic mass is 9.86. The highest BCUT2D eigenvalue weighted by atomic mass is 79.9. The lowest BCUT2D eigenvalue weighted by molar-refractivity contribution is 0.175. The summed E-state index contributed by atoms with van der Waals surface area (Å²) in [5, 5.41) is 43.0. The number of nitrogens with one attached hydrogen (secondary N) is 1.